The number of pyridine rings is 1. The van der Waals surface area contributed by atoms with E-state index >= 15 is 0 Å². The fourth-order valence-electron chi connectivity index (χ4n) is 2.20. The van der Waals surface area contributed by atoms with Gasteiger partial charge in [-0.25, -0.2) is 9.67 Å². The van der Waals surface area contributed by atoms with Gasteiger partial charge < -0.3 is 0 Å². The number of hydrogen-bond acceptors (Lipinski definition) is 3. The molecule has 3 rings (SSSR count). The normalized spacial score (nSPS) is 10.5. The first kappa shape index (κ1) is 13.1. The van der Waals surface area contributed by atoms with E-state index in [1.807, 2.05) is 6.07 Å². The minimum absolute atomic E-state index is 0.145. The Balaban J connectivity index is 2.12. The third-order valence-electron chi connectivity index (χ3n) is 3.21. The number of aryl methyl sites for hydroxylation is 1. The minimum Gasteiger partial charge on any atom is -0.293 e. The van der Waals surface area contributed by atoms with E-state index in [9.17, 15) is 9.59 Å². The van der Waals surface area contributed by atoms with Crippen LogP contribution in [-0.2, 0) is 0 Å². The van der Waals surface area contributed by atoms with Crippen LogP contribution in [0.25, 0.3) is 5.82 Å². The van der Waals surface area contributed by atoms with Crippen LogP contribution in [0, 0.1) is 6.92 Å². The monoisotopic (exact) mass is 279 g/mol. The van der Waals surface area contributed by atoms with Crippen LogP contribution in [0.15, 0.2) is 59.5 Å². The highest BCUT2D eigenvalue weighted by atomic mass is 16.2. The maximum Gasteiger partial charge on any atom is 0.284 e. The Morgan fingerprint density at radius 2 is 1.81 bits per heavy atom. The third-order valence-corrected chi connectivity index (χ3v) is 3.21. The van der Waals surface area contributed by atoms with Crippen LogP contribution in [0.4, 0.5) is 0 Å². The molecule has 0 fully saturated rings. The lowest BCUT2D eigenvalue weighted by Gasteiger charge is -1.98. The zero-order valence-corrected chi connectivity index (χ0v) is 11.4. The van der Waals surface area contributed by atoms with E-state index in [1.54, 1.807) is 55.6 Å². The first-order chi connectivity index (χ1) is 10.2. The number of ketones is 1. The second-order valence-electron chi connectivity index (χ2n) is 4.64. The second kappa shape index (κ2) is 5.20. The molecule has 0 atom stereocenters. The van der Waals surface area contributed by atoms with Crippen LogP contribution < -0.4 is 5.56 Å². The van der Waals surface area contributed by atoms with Crippen molar-refractivity contribution in [3.63, 3.8) is 0 Å². The number of carbonyl (C=O) groups excluding carboxylic acids is 1. The third kappa shape index (κ3) is 2.29. The summed E-state index contributed by atoms with van der Waals surface area (Å²) in [5.74, 6) is 0.168. The van der Waals surface area contributed by atoms with Gasteiger partial charge in [-0.05, 0) is 19.1 Å². The molecule has 1 N–H and O–H groups in total. The largest absolute Gasteiger partial charge is 0.293 e. The van der Waals surface area contributed by atoms with Crippen LogP contribution >= 0.6 is 0 Å². The van der Waals surface area contributed by atoms with Gasteiger partial charge in [-0.2, -0.15) is 0 Å². The molecule has 104 valence electrons. The summed E-state index contributed by atoms with van der Waals surface area (Å²) in [5, 5.41) is 2.90. The van der Waals surface area contributed by atoms with Gasteiger partial charge in [-0.1, -0.05) is 36.4 Å². The summed E-state index contributed by atoms with van der Waals surface area (Å²) >= 11 is 0. The van der Waals surface area contributed by atoms with Gasteiger partial charge in [0.25, 0.3) is 5.56 Å². The molecule has 0 aliphatic heterocycles. The zero-order chi connectivity index (χ0) is 14.8. The Morgan fingerprint density at radius 1 is 1.10 bits per heavy atom. The van der Waals surface area contributed by atoms with E-state index in [0.29, 0.717) is 17.1 Å². The Hall–Kier alpha value is -2.95. The number of nitrogens with zero attached hydrogens (tertiary/aromatic N) is 2. The highest BCUT2D eigenvalue weighted by Crippen LogP contribution is 2.10. The lowest BCUT2D eigenvalue weighted by Crippen LogP contribution is -2.21. The molecule has 2 heterocycles. The summed E-state index contributed by atoms with van der Waals surface area (Å²) in [6.07, 6.45) is 1.59. The highest BCUT2D eigenvalue weighted by molar-refractivity contribution is 6.09. The molecule has 1 aromatic carbocycles. The van der Waals surface area contributed by atoms with Crippen molar-refractivity contribution in [2.24, 2.45) is 0 Å². The predicted molar refractivity (Wildman–Crippen MR) is 78.8 cm³/mol. The van der Waals surface area contributed by atoms with E-state index < -0.39 is 0 Å². The molecule has 0 unspecified atom stereocenters. The number of benzene rings is 1. The molecule has 2 aromatic heterocycles. The van der Waals surface area contributed by atoms with E-state index in [2.05, 4.69) is 10.1 Å². The van der Waals surface area contributed by atoms with Crippen LogP contribution in [0.2, 0.25) is 0 Å². The second-order valence-corrected chi connectivity index (χ2v) is 4.64. The smallest absolute Gasteiger partial charge is 0.284 e. The van der Waals surface area contributed by atoms with Crippen molar-refractivity contribution in [3.05, 3.63) is 81.9 Å². The molecule has 0 aliphatic rings. The molecule has 0 amide bonds. The van der Waals surface area contributed by atoms with Crippen LogP contribution in [0.5, 0.6) is 0 Å². The Labute approximate surface area is 120 Å². The zero-order valence-electron chi connectivity index (χ0n) is 11.4. The standard InChI is InChI=1S/C16H13N3O2/c1-11-14(15(20)12-7-3-2-4-8-12)16(21)19(18-11)13-9-5-6-10-17-13/h2-10,18H,1H3. The summed E-state index contributed by atoms with van der Waals surface area (Å²) in [6.45, 7) is 1.71. The number of H-pyrrole nitrogens is 1. The Morgan fingerprint density at radius 3 is 2.48 bits per heavy atom. The van der Waals surface area contributed by atoms with E-state index in [0.717, 1.165) is 0 Å². The first-order valence-electron chi connectivity index (χ1n) is 6.51. The highest BCUT2D eigenvalue weighted by Gasteiger charge is 2.20. The average molecular weight is 279 g/mol. The number of hydrogen-bond donors (Lipinski definition) is 1. The predicted octanol–water partition coefficient (Wildman–Crippen LogP) is 2.10. The molecule has 0 aliphatic carbocycles. The average Bonchev–Trinajstić information content (AvgIpc) is 2.83. The van der Waals surface area contributed by atoms with E-state index in [4.69, 9.17) is 0 Å². The van der Waals surface area contributed by atoms with Gasteiger partial charge in [0, 0.05) is 17.5 Å². The topological polar surface area (TPSA) is 67.8 Å². The Kier molecular flexibility index (Phi) is 3.23. The maximum absolute atomic E-state index is 12.5. The number of aromatic amines is 1. The molecule has 3 aromatic rings. The summed E-state index contributed by atoms with van der Waals surface area (Å²) in [6, 6.07) is 14.0. The minimum atomic E-state index is -0.389. The SMILES string of the molecule is Cc1[nH]n(-c2ccccn2)c(=O)c1C(=O)c1ccccc1. The van der Waals surface area contributed by atoms with Gasteiger partial charge in [0.05, 0.1) is 0 Å². The van der Waals surface area contributed by atoms with Crippen molar-refractivity contribution in [2.45, 2.75) is 6.92 Å². The summed E-state index contributed by atoms with van der Waals surface area (Å²) in [7, 11) is 0. The van der Waals surface area contributed by atoms with Crippen molar-refractivity contribution in [1.82, 2.24) is 14.8 Å². The maximum atomic E-state index is 12.5. The molecular formula is C16H13N3O2. The van der Waals surface area contributed by atoms with E-state index in [1.165, 1.54) is 4.68 Å². The molecule has 0 saturated carbocycles. The fraction of sp³-hybridized carbons (Fsp3) is 0.0625. The Bertz CT molecular complexity index is 833. The van der Waals surface area contributed by atoms with Crippen LogP contribution in [0.3, 0.4) is 0 Å². The van der Waals surface area contributed by atoms with Crippen molar-refractivity contribution < 1.29 is 4.79 Å². The van der Waals surface area contributed by atoms with Gasteiger partial charge in [0.2, 0.25) is 0 Å². The van der Waals surface area contributed by atoms with Gasteiger partial charge in [-0.15, -0.1) is 0 Å². The van der Waals surface area contributed by atoms with Crippen molar-refractivity contribution >= 4 is 5.78 Å². The van der Waals surface area contributed by atoms with E-state index in [-0.39, 0.29) is 16.9 Å². The molecule has 0 spiro atoms. The van der Waals surface area contributed by atoms with Gasteiger partial charge >= 0.3 is 0 Å². The molecule has 0 saturated heterocycles. The lowest BCUT2D eigenvalue weighted by molar-refractivity contribution is 0.103. The molecule has 0 radical (unpaired) electrons. The summed E-state index contributed by atoms with van der Waals surface area (Å²) in [4.78, 5) is 29.1. The number of nitrogens with one attached hydrogen (secondary N) is 1. The van der Waals surface area contributed by atoms with Crippen molar-refractivity contribution in [1.29, 1.82) is 0 Å². The molecule has 5 heteroatoms. The number of carbonyl (C=O) groups is 1. The summed E-state index contributed by atoms with van der Waals surface area (Å²) in [5.41, 5.74) is 0.774. The van der Waals surface area contributed by atoms with Gasteiger partial charge in [0.15, 0.2) is 11.6 Å². The molecule has 21 heavy (non-hydrogen) atoms. The van der Waals surface area contributed by atoms with Crippen molar-refractivity contribution in [3.8, 4) is 5.82 Å². The lowest BCUT2D eigenvalue weighted by atomic mass is 10.0. The summed E-state index contributed by atoms with van der Waals surface area (Å²) < 4.78 is 1.28. The van der Waals surface area contributed by atoms with Crippen LogP contribution in [-0.4, -0.2) is 20.5 Å². The van der Waals surface area contributed by atoms with Crippen LogP contribution in [0.1, 0.15) is 21.6 Å². The molecular weight excluding hydrogens is 266 g/mol. The van der Waals surface area contributed by atoms with Crippen molar-refractivity contribution in [2.75, 3.05) is 0 Å². The number of rotatable bonds is 3. The fourth-order valence-corrected chi connectivity index (χ4v) is 2.20. The quantitative estimate of drug-likeness (QED) is 0.746. The molecule has 0 bridgehead atoms. The van der Waals surface area contributed by atoms with Gasteiger partial charge in [-0.3, -0.25) is 14.7 Å². The van der Waals surface area contributed by atoms with Gasteiger partial charge in [0.1, 0.15) is 5.56 Å². The first-order valence-corrected chi connectivity index (χ1v) is 6.51. The molecule has 5 nitrogen and oxygen atoms in total. The number of aromatic nitrogens is 3.